The van der Waals surface area contributed by atoms with Gasteiger partial charge in [0.15, 0.2) is 5.11 Å². The molecule has 0 aromatic heterocycles. The molecule has 21 heavy (non-hydrogen) atoms. The van der Waals surface area contributed by atoms with Gasteiger partial charge in [0.25, 0.3) is 0 Å². The Bertz CT molecular complexity index is 644. The Kier molecular flexibility index (Phi) is 5.22. The molecule has 0 heterocycles. The normalized spacial score (nSPS) is 10.5. The van der Waals surface area contributed by atoms with Crippen molar-refractivity contribution in [3.63, 3.8) is 0 Å². The number of hydrogen-bond acceptors (Lipinski definition) is 3. The molecule has 0 bridgehead atoms. The van der Waals surface area contributed by atoms with Gasteiger partial charge in [-0.15, -0.1) is 0 Å². The molecule has 2 rings (SSSR count). The van der Waals surface area contributed by atoms with E-state index < -0.39 is 0 Å². The second-order valence-electron chi connectivity index (χ2n) is 4.18. The first-order valence-electron chi connectivity index (χ1n) is 6.20. The molecule has 0 aliphatic rings. The Morgan fingerprint density at radius 3 is 2.62 bits per heavy atom. The molecule has 0 aliphatic heterocycles. The quantitative estimate of drug-likeness (QED) is 0.506. The fraction of sp³-hybridized carbons (Fsp3) is 0.0667. The maximum atomic E-state index is 13.4. The number of hydrogen-bond donors (Lipinski definition) is 2. The van der Waals surface area contributed by atoms with Crippen molar-refractivity contribution in [2.45, 2.75) is 6.61 Å². The second-order valence-corrected chi connectivity index (χ2v) is 4.62. The van der Waals surface area contributed by atoms with Gasteiger partial charge in [-0.05, 0) is 48.1 Å². The first kappa shape index (κ1) is 14.9. The van der Waals surface area contributed by atoms with E-state index in [0.29, 0.717) is 11.3 Å². The number of thiocarbonyl (C=S) groups is 1. The minimum Gasteiger partial charge on any atom is -0.489 e. The van der Waals surface area contributed by atoms with Gasteiger partial charge in [-0.3, -0.25) is 5.43 Å². The second kappa shape index (κ2) is 7.35. The SMILES string of the molecule is NC(=S)N/N=C/c1ccc(OCc2ccccc2F)cc1. The number of ether oxygens (including phenoxy) is 1. The molecular weight excluding hydrogens is 289 g/mol. The number of benzene rings is 2. The van der Waals surface area contributed by atoms with Crippen LogP contribution in [-0.2, 0) is 6.61 Å². The lowest BCUT2D eigenvalue weighted by molar-refractivity contribution is 0.300. The van der Waals surface area contributed by atoms with Crippen LogP contribution < -0.4 is 15.9 Å². The Hall–Kier alpha value is -2.47. The van der Waals surface area contributed by atoms with Crippen LogP contribution in [0.1, 0.15) is 11.1 Å². The molecule has 0 saturated heterocycles. The smallest absolute Gasteiger partial charge is 0.184 e. The van der Waals surface area contributed by atoms with Gasteiger partial charge >= 0.3 is 0 Å². The zero-order valence-corrected chi connectivity index (χ0v) is 11.9. The maximum absolute atomic E-state index is 13.4. The fourth-order valence-electron chi connectivity index (χ4n) is 1.60. The average molecular weight is 303 g/mol. The molecule has 108 valence electrons. The van der Waals surface area contributed by atoms with E-state index in [2.05, 4.69) is 22.7 Å². The van der Waals surface area contributed by atoms with E-state index in [0.717, 1.165) is 5.56 Å². The van der Waals surface area contributed by atoms with Crippen molar-refractivity contribution in [1.29, 1.82) is 0 Å². The minimum absolute atomic E-state index is 0.107. The summed E-state index contributed by atoms with van der Waals surface area (Å²) in [6.07, 6.45) is 1.58. The molecule has 0 saturated carbocycles. The van der Waals surface area contributed by atoms with Gasteiger partial charge in [-0.1, -0.05) is 18.2 Å². The molecule has 0 fully saturated rings. The Morgan fingerprint density at radius 1 is 1.24 bits per heavy atom. The van der Waals surface area contributed by atoms with Crippen LogP contribution in [0.4, 0.5) is 4.39 Å². The Balaban J connectivity index is 1.92. The lowest BCUT2D eigenvalue weighted by Gasteiger charge is -2.07. The molecule has 3 N–H and O–H groups in total. The molecule has 0 unspecified atom stereocenters. The first-order valence-corrected chi connectivity index (χ1v) is 6.61. The van der Waals surface area contributed by atoms with E-state index in [9.17, 15) is 4.39 Å². The molecule has 6 heteroatoms. The van der Waals surface area contributed by atoms with Gasteiger partial charge in [-0.2, -0.15) is 5.10 Å². The predicted molar refractivity (Wildman–Crippen MR) is 84.7 cm³/mol. The summed E-state index contributed by atoms with van der Waals surface area (Å²) in [7, 11) is 0. The summed E-state index contributed by atoms with van der Waals surface area (Å²) in [6.45, 7) is 0.184. The average Bonchev–Trinajstić information content (AvgIpc) is 2.47. The molecule has 0 spiro atoms. The number of rotatable bonds is 5. The Morgan fingerprint density at radius 2 is 1.95 bits per heavy atom. The summed E-state index contributed by atoms with van der Waals surface area (Å²) >= 11 is 4.63. The molecule has 0 atom stereocenters. The van der Waals surface area contributed by atoms with E-state index in [1.807, 2.05) is 12.1 Å². The number of nitrogens with two attached hydrogens (primary N) is 1. The van der Waals surface area contributed by atoms with Crippen molar-refractivity contribution in [3.8, 4) is 5.75 Å². The first-order chi connectivity index (χ1) is 10.1. The summed E-state index contributed by atoms with van der Waals surface area (Å²) in [5, 5.41) is 3.95. The van der Waals surface area contributed by atoms with E-state index in [4.69, 9.17) is 10.5 Å². The highest BCUT2D eigenvalue weighted by Crippen LogP contribution is 2.14. The van der Waals surface area contributed by atoms with Crippen LogP contribution in [0.15, 0.2) is 53.6 Å². The van der Waals surface area contributed by atoms with Crippen LogP contribution >= 0.6 is 12.2 Å². The highest BCUT2D eigenvalue weighted by Gasteiger charge is 2.01. The zero-order chi connectivity index (χ0) is 15.1. The van der Waals surface area contributed by atoms with Gasteiger partial charge < -0.3 is 10.5 Å². The van der Waals surface area contributed by atoms with Gasteiger partial charge in [0.2, 0.25) is 0 Å². The van der Waals surface area contributed by atoms with Gasteiger partial charge in [0, 0.05) is 5.56 Å². The van der Waals surface area contributed by atoms with Crippen LogP contribution in [0.2, 0.25) is 0 Å². The molecule has 2 aromatic rings. The van der Waals surface area contributed by atoms with Crippen molar-refractivity contribution < 1.29 is 9.13 Å². The minimum atomic E-state index is -0.273. The van der Waals surface area contributed by atoms with Crippen LogP contribution in [0, 0.1) is 5.82 Å². The van der Waals surface area contributed by atoms with Gasteiger partial charge in [0.05, 0.1) is 6.21 Å². The van der Waals surface area contributed by atoms with Crippen molar-refractivity contribution in [3.05, 3.63) is 65.5 Å². The molecule has 0 aliphatic carbocycles. The highest BCUT2D eigenvalue weighted by atomic mass is 32.1. The third kappa shape index (κ3) is 4.85. The highest BCUT2D eigenvalue weighted by molar-refractivity contribution is 7.80. The molecular formula is C15H14FN3OS. The maximum Gasteiger partial charge on any atom is 0.184 e. The van der Waals surface area contributed by atoms with E-state index in [1.54, 1.807) is 36.5 Å². The Labute approximate surface area is 127 Å². The summed E-state index contributed by atoms with van der Waals surface area (Å²) in [5.74, 6) is 0.378. The number of halogens is 1. The summed E-state index contributed by atoms with van der Waals surface area (Å²) in [5.41, 5.74) is 9.09. The van der Waals surface area contributed by atoms with Crippen LogP contribution in [-0.4, -0.2) is 11.3 Å². The van der Waals surface area contributed by atoms with Crippen molar-refractivity contribution in [2.75, 3.05) is 0 Å². The predicted octanol–water partition coefficient (Wildman–Crippen LogP) is 2.57. The van der Waals surface area contributed by atoms with Gasteiger partial charge in [0.1, 0.15) is 18.2 Å². The summed E-state index contributed by atoms with van der Waals surface area (Å²) < 4.78 is 19.0. The lowest BCUT2D eigenvalue weighted by Crippen LogP contribution is -2.23. The van der Waals surface area contributed by atoms with Gasteiger partial charge in [-0.25, -0.2) is 4.39 Å². The van der Waals surface area contributed by atoms with Crippen molar-refractivity contribution in [1.82, 2.24) is 5.43 Å². The van der Waals surface area contributed by atoms with Crippen LogP contribution in [0.25, 0.3) is 0 Å². The standard InChI is InChI=1S/C15H14FN3OS/c16-14-4-2-1-3-12(14)10-20-13-7-5-11(6-8-13)9-18-19-15(17)21/h1-9H,10H2,(H3,17,19,21)/b18-9+. The molecule has 0 amide bonds. The molecule has 0 radical (unpaired) electrons. The van der Waals surface area contributed by atoms with Crippen molar-refractivity contribution >= 4 is 23.5 Å². The number of nitrogens with one attached hydrogen (secondary N) is 1. The number of nitrogens with zero attached hydrogens (tertiary/aromatic N) is 1. The third-order valence-corrected chi connectivity index (χ3v) is 2.71. The largest absolute Gasteiger partial charge is 0.489 e. The monoisotopic (exact) mass is 303 g/mol. The molecule has 4 nitrogen and oxygen atoms in total. The van der Waals surface area contributed by atoms with Crippen molar-refractivity contribution in [2.24, 2.45) is 10.8 Å². The zero-order valence-electron chi connectivity index (χ0n) is 11.1. The van der Waals surface area contributed by atoms with E-state index in [1.165, 1.54) is 6.07 Å². The van der Waals surface area contributed by atoms with Crippen LogP contribution in [0.5, 0.6) is 5.75 Å². The fourth-order valence-corrected chi connectivity index (χ4v) is 1.65. The van der Waals surface area contributed by atoms with Crippen LogP contribution in [0.3, 0.4) is 0 Å². The topological polar surface area (TPSA) is 59.6 Å². The number of hydrazone groups is 1. The third-order valence-electron chi connectivity index (χ3n) is 2.62. The summed E-state index contributed by atoms with van der Waals surface area (Å²) in [6, 6.07) is 13.7. The summed E-state index contributed by atoms with van der Waals surface area (Å²) in [4.78, 5) is 0. The molecule has 2 aromatic carbocycles. The van der Waals surface area contributed by atoms with E-state index in [-0.39, 0.29) is 17.5 Å². The lowest BCUT2D eigenvalue weighted by atomic mass is 10.2. The van der Waals surface area contributed by atoms with E-state index >= 15 is 0 Å².